The number of ether oxygens (including phenoxy) is 1. The molecule has 2 N–H and O–H groups in total. The minimum Gasteiger partial charge on any atom is -0.376 e. The highest BCUT2D eigenvalue weighted by Crippen LogP contribution is 2.24. The summed E-state index contributed by atoms with van der Waals surface area (Å²) in [6.07, 6.45) is 3.68. The van der Waals surface area contributed by atoms with Crippen molar-refractivity contribution in [1.82, 2.24) is 4.98 Å². The molecule has 0 saturated carbocycles. The Kier molecular flexibility index (Phi) is 4.90. The molecule has 0 radical (unpaired) electrons. The van der Waals surface area contributed by atoms with Crippen LogP contribution in [-0.4, -0.2) is 17.7 Å². The van der Waals surface area contributed by atoms with Gasteiger partial charge in [0.15, 0.2) is 0 Å². The van der Waals surface area contributed by atoms with Crippen LogP contribution in [0.15, 0.2) is 18.5 Å². The highest BCUT2D eigenvalue weighted by Gasteiger charge is 2.24. The molecular formula is C13H22N2O. The molecule has 0 aromatic carbocycles. The summed E-state index contributed by atoms with van der Waals surface area (Å²) < 4.78 is 5.72. The van der Waals surface area contributed by atoms with Gasteiger partial charge < -0.3 is 10.5 Å². The van der Waals surface area contributed by atoms with Crippen molar-refractivity contribution in [2.24, 2.45) is 11.7 Å². The van der Waals surface area contributed by atoms with E-state index in [0.717, 1.165) is 5.56 Å². The van der Waals surface area contributed by atoms with Crippen LogP contribution < -0.4 is 5.73 Å². The number of pyridine rings is 1. The van der Waals surface area contributed by atoms with E-state index in [1.807, 2.05) is 19.2 Å². The summed E-state index contributed by atoms with van der Waals surface area (Å²) >= 11 is 0. The zero-order chi connectivity index (χ0) is 12.1. The number of nitrogens with zero attached hydrogens (tertiary/aromatic N) is 1. The van der Waals surface area contributed by atoms with Gasteiger partial charge in [-0.3, -0.25) is 4.98 Å². The Morgan fingerprint density at radius 1 is 1.44 bits per heavy atom. The second-order valence-corrected chi connectivity index (χ2v) is 4.42. The summed E-state index contributed by atoms with van der Waals surface area (Å²) in [6, 6.07) is 1.88. The minimum absolute atomic E-state index is 0.0490. The van der Waals surface area contributed by atoms with Crippen molar-refractivity contribution in [3.63, 3.8) is 0 Å². The first-order chi connectivity index (χ1) is 7.57. The molecule has 3 heteroatoms. The maximum Gasteiger partial charge on any atom is 0.0790 e. The largest absolute Gasteiger partial charge is 0.376 e. The molecule has 2 unspecified atom stereocenters. The fraction of sp³-hybridized carbons (Fsp3) is 0.615. The number of hydrogen-bond donors (Lipinski definition) is 1. The SMILES string of the molecule is CCOC(C(C)C)C(N)c1cnccc1C. The Morgan fingerprint density at radius 2 is 2.12 bits per heavy atom. The fourth-order valence-corrected chi connectivity index (χ4v) is 1.91. The molecule has 0 aliphatic carbocycles. The second kappa shape index (κ2) is 5.97. The van der Waals surface area contributed by atoms with E-state index >= 15 is 0 Å². The van der Waals surface area contributed by atoms with Crippen molar-refractivity contribution < 1.29 is 4.74 Å². The van der Waals surface area contributed by atoms with Gasteiger partial charge in [0, 0.05) is 19.0 Å². The highest BCUT2D eigenvalue weighted by atomic mass is 16.5. The zero-order valence-corrected chi connectivity index (χ0v) is 10.6. The Hall–Kier alpha value is -0.930. The number of nitrogens with two attached hydrogens (primary N) is 1. The van der Waals surface area contributed by atoms with Crippen LogP contribution in [0.2, 0.25) is 0 Å². The van der Waals surface area contributed by atoms with Crippen molar-refractivity contribution in [1.29, 1.82) is 0 Å². The fourth-order valence-electron chi connectivity index (χ4n) is 1.91. The predicted octanol–water partition coefficient (Wildman–Crippen LogP) is 2.45. The van der Waals surface area contributed by atoms with Crippen molar-refractivity contribution >= 4 is 0 Å². The maximum absolute atomic E-state index is 6.26. The monoisotopic (exact) mass is 222 g/mol. The van der Waals surface area contributed by atoms with Gasteiger partial charge in [0.1, 0.15) is 0 Å². The van der Waals surface area contributed by atoms with Gasteiger partial charge in [0.05, 0.1) is 12.1 Å². The molecule has 1 rings (SSSR count). The van der Waals surface area contributed by atoms with Gasteiger partial charge in [-0.1, -0.05) is 13.8 Å². The highest BCUT2D eigenvalue weighted by molar-refractivity contribution is 5.25. The lowest BCUT2D eigenvalue weighted by Crippen LogP contribution is -2.34. The number of rotatable bonds is 5. The molecule has 0 saturated heterocycles. The van der Waals surface area contributed by atoms with Crippen LogP contribution in [0.4, 0.5) is 0 Å². The van der Waals surface area contributed by atoms with Crippen LogP contribution in [0.5, 0.6) is 0 Å². The van der Waals surface area contributed by atoms with Crippen LogP contribution in [0.25, 0.3) is 0 Å². The van der Waals surface area contributed by atoms with Crippen LogP contribution >= 0.6 is 0 Å². The van der Waals surface area contributed by atoms with Gasteiger partial charge in [-0.2, -0.15) is 0 Å². The molecule has 1 heterocycles. The average Bonchev–Trinajstić information content (AvgIpc) is 2.25. The molecule has 0 spiro atoms. The summed E-state index contributed by atoms with van der Waals surface area (Å²) in [7, 11) is 0. The quantitative estimate of drug-likeness (QED) is 0.832. The molecule has 3 nitrogen and oxygen atoms in total. The first-order valence-corrected chi connectivity index (χ1v) is 5.85. The van der Waals surface area contributed by atoms with Crippen molar-refractivity contribution in [2.75, 3.05) is 6.61 Å². The first-order valence-electron chi connectivity index (χ1n) is 5.85. The minimum atomic E-state index is -0.103. The summed E-state index contributed by atoms with van der Waals surface area (Å²) in [5.41, 5.74) is 8.51. The summed E-state index contributed by atoms with van der Waals surface area (Å²) in [5.74, 6) is 0.398. The summed E-state index contributed by atoms with van der Waals surface area (Å²) in [6.45, 7) is 9.01. The van der Waals surface area contributed by atoms with Gasteiger partial charge >= 0.3 is 0 Å². The molecule has 16 heavy (non-hydrogen) atoms. The smallest absolute Gasteiger partial charge is 0.0790 e. The molecule has 0 fully saturated rings. The summed E-state index contributed by atoms with van der Waals surface area (Å²) in [4.78, 5) is 4.13. The predicted molar refractivity (Wildman–Crippen MR) is 66.2 cm³/mol. The molecule has 0 bridgehead atoms. The second-order valence-electron chi connectivity index (χ2n) is 4.42. The van der Waals surface area contributed by atoms with E-state index in [4.69, 9.17) is 10.5 Å². The van der Waals surface area contributed by atoms with Crippen LogP contribution in [-0.2, 0) is 4.74 Å². The Balaban J connectivity index is 2.90. The van der Waals surface area contributed by atoms with Gasteiger partial charge in [-0.25, -0.2) is 0 Å². The number of aromatic nitrogens is 1. The van der Waals surface area contributed by atoms with Gasteiger partial charge in [-0.05, 0) is 37.0 Å². The molecule has 0 aliphatic heterocycles. The van der Waals surface area contributed by atoms with E-state index in [-0.39, 0.29) is 12.1 Å². The lowest BCUT2D eigenvalue weighted by molar-refractivity contribution is 0.0119. The first kappa shape index (κ1) is 13.1. The van der Waals surface area contributed by atoms with E-state index in [1.165, 1.54) is 5.56 Å². The lowest BCUT2D eigenvalue weighted by atomic mass is 9.93. The lowest BCUT2D eigenvalue weighted by Gasteiger charge is -2.28. The van der Waals surface area contributed by atoms with E-state index in [1.54, 1.807) is 6.20 Å². The number of aryl methyl sites for hydroxylation is 1. The Labute approximate surface area is 98.0 Å². The average molecular weight is 222 g/mol. The van der Waals surface area contributed by atoms with Gasteiger partial charge in [0.25, 0.3) is 0 Å². The van der Waals surface area contributed by atoms with E-state index in [0.29, 0.717) is 12.5 Å². The Morgan fingerprint density at radius 3 is 2.62 bits per heavy atom. The summed E-state index contributed by atoms with van der Waals surface area (Å²) in [5, 5.41) is 0. The molecule has 0 amide bonds. The van der Waals surface area contributed by atoms with Crippen LogP contribution in [0.3, 0.4) is 0 Å². The van der Waals surface area contributed by atoms with Gasteiger partial charge in [0.2, 0.25) is 0 Å². The third-order valence-corrected chi connectivity index (χ3v) is 2.81. The maximum atomic E-state index is 6.26. The van der Waals surface area contributed by atoms with Crippen molar-refractivity contribution in [2.45, 2.75) is 39.8 Å². The third-order valence-electron chi connectivity index (χ3n) is 2.81. The van der Waals surface area contributed by atoms with Crippen LogP contribution in [0.1, 0.15) is 37.9 Å². The molecule has 90 valence electrons. The normalized spacial score (nSPS) is 15.1. The Bertz CT molecular complexity index is 325. The number of hydrogen-bond acceptors (Lipinski definition) is 3. The van der Waals surface area contributed by atoms with Gasteiger partial charge in [-0.15, -0.1) is 0 Å². The zero-order valence-electron chi connectivity index (χ0n) is 10.6. The van der Waals surface area contributed by atoms with Crippen molar-refractivity contribution in [3.05, 3.63) is 29.6 Å². The van der Waals surface area contributed by atoms with E-state index < -0.39 is 0 Å². The molecule has 1 aromatic heterocycles. The molecule has 1 aromatic rings. The van der Waals surface area contributed by atoms with Crippen molar-refractivity contribution in [3.8, 4) is 0 Å². The van der Waals surface area contributed by atoms with E-state index in [2.05, 4.69) is 25.8 Å². The van der Waals surface area contributed by atoms with Crippen LogP contribution in [0, 0.1) is 12.8 Å². The molecule has 0 aliphatic rings. The topological polar surface area (TPSA) is 48.1 Å². The standard InChI is InChI=1S/C13H22N2O/c1-5-16-13(9(2)3)12(14)11-8-15-7-6-10(11)4/h6-9,12-13H,5,14H2,1-4H3. The van der Waals surface area contributed by atoms with E-state index in [9.17, 15) is 0 Å². The third kappa shape index (κ3) is 3.03. The molecular weight excluding hydrogens is 200 g/mol. The molecule has 2 atom stereocenters.